The van der Waals surface area contributed by atoms with Crippen LogP contribution in [0.15, 0.2) is 4.99 Å². The molecule has 0 saturated heterocycles. The summed E-state index contributed by atoms with van der Waals surface area (Å²) in [5.41, 5.74) is 21.6. The van der Waals surface area contributed by atoms with E-state index in [0.29, 0.717) is 12.8 Å². The van der Waals surface area contributed by atoms with Gasteiger partial charge in [-0.2, -0.15) is 0 Å². The van der Waals surface area contributed by atoms with Crippen LogP contribution in [0.2, 0.25) is 0 Å². The van der Waals surface area contributed by atoms with E-state index >= 15 is 0 Å². The summed E-state index contributed by atoms with van der Waals surface area (Å²) in [5.74, 6) is -6.32. The molecule has 16 heteroatoms. The number of carbonyl (C=O) groups is 6. The van der Waals surface area contributed by atoms with E-state index in [9.17, 15) is 33.9 Å². The van der Waals surface area contributed by atoms with Crippen molar-refractivity contribution < 1.29 is 39.0 Å². The Kier molecular flexibility index (Phi) is 15.7. The first kappa shape index (κ1) is 34.0. The van der Waals surface area contributed by atoms with E-state index in [1.807, 2.05) is 0 Å². The van der Waals surface area contributed by atoms with Gasteiger partial charge in [0.2, 0.25) is 23.6 Å². The van der Waals surface area contributed by atoms with Crippen LogP contribution in [0.1, 0.15) is 58.8 Å². The number of carboxylic acid groups (broad SMARTS) is 2. The predicted molar refractivity (Wildman–Crippen MR) is 136 cm³/mol. The van der Waals surface area contributed by atoms with Crippen molar-refractivity contribution in [3.05, 3.63) is 0 Å². The van der Waals surface area contributed by atoms with Crippen molar-refractivity contribution in [1.82, 2.24) is 16.0 Å². The Morgan fingerprint density at radius 2 is 1.39 bits per heavy atom. The van der Waals surface area contributed by atoms with E-state index in [-0.39, 0.29) is 31.8 Å². The molecule has 0 aromatic rings. The lowest BCUT2D eigenvalue weighted by Crippen LogP contribution is -2.58. The Hall–Kier alpha value is -3.95. The molecule has 13 N–H and O–H groups in total. The van der Waals surface area contributed by atoms with Crippen LogP contribution in [0.4, 0.5) is 0 Å². The molecular weight excluding hydrogens is 504 g/mol. The van der Waals surface area contributed by atoms with Crippen LogP contribution < -0.4 is 38.9 Å². The zero-order chi connectivity index (χ0) is 29.4. The third-order valence-corrected chi connectivity index (χ3v) is 5.67. The minimum Gasteiger partial charge on any atom is -0.481 e. The van der Waals surface area contributed by atoms with Gasteiger partial charge >= 0.3 is 11.9 Å². The predicted octanol–water partition coefficient (Wildman–Crippen LogP) is -2.92. The van der Waals surface area contributed by atoms with Gasteiger partial charge in [-0.15, -0.1) is 0 Å². The molecule has 0 heterocycles. The number of guanidine groups is 1. The fourth-order valence-corrected chi connectivity index (χ4v) is 3.23. The number of carboxylic acids is 2. The van der Waals surface area contributed by atoms with Crippen LogP contribution in [-0.4, -0.2) is 82.5 Å². The number of nitrogens with zero attached hydrogens (tertiary/aromatic N) is 1. The maximum absolute atomic E-state index is 13.1. The molecular formula is C22H40N8O8. The summed E-state index contributed by atoms with van der Waals surface area (Å²) in [5, 5.41) is 25.3. The molecule has 0 radical (unpaired) electrons. The molecule has 5 atom stereocenters. The largest absolute Gasteiger partial charge is 0.481 e. The van der Waals surface area contributed by atoms with Crippen molar-refractivity contribution in [1.29, 1.82) is 0 Å². The lowest BCUT2D eigenvalue weighted by Gasteiger charge is -2.28. The molecule has 216 valence electrons. The molecule has 0 aliphatic carbocycles. The number of carbonyl (C=O) groups excluding carboxylic acids is 4. The van der Waals surface area contributed by atoms with E-state index in [0.717, 1.165) is 0 Å². The number of hydrogen-bond donors (Lipinski definition) is 9. The quantitative estimate of drug-likeness (QED) is 0.0450. The molecule has 16 nitrogen and oxygen atoms in total. The smallest absolute Gasteiger partial charge is 0.326 e. The monoisotopic (exact) mass is 544 g/mol. The number of nitrogens with one attached hydrogen (secondary N) is 3. The molecule has 0 rings (SSSR count). The van der Waals surface area contributed by atoms with E-state index in [4.69, 9.17) is 28.0 Å². The molecule has 0 fully saturated rings. The number of hydrogen-bond acceptors (Lipinski definition) is 8. The van der Waals surface area contributed by atoms with Gasteiger partial charge in [0.15, 0.2) is 5.96 Å². The Morgan fingerprint density at radius 3 is 1.89 bits per heavy atom. The van der Waals surface area contributed by atoms with Crippen molar-refractivity contribution >= 4 is 41.5 Å². The van der Waals surface area contributed by atoms with Gasteiger partial charge < -0.3 is 49.1 Å². The molecule has 0 aliphatic rings. The topological polar surface area (TPSA) is 295 Å². The molecule has 4 amide bonds. The van der Waals surface area contributed by atoms with Gasteiger partial charge in [-0.1, -0.05) is 20.3 Å². The minimum absolute atomic E-state index is 0.0944. The molecule has 5 unspecified atom stereocenters. The first-order chi connectivity index (χ1) is 17.7. The van der Waals surface area contributed by atoms with Gasteiger partial charge in [-0.3, -0.25) is 29.0 Å². The van der Waals surface area contributed by atoms with Crippen molar-refractivity contribution in [2.24, 2.45) is 33.8 Å². The van der Waals surface area contributed by atoms with Crippen molar-refractivity contribution in [3.8, 4) is 0 Å². The maximum atomic E-state index is 13.1. The third-order valence-electron chi connectivity index (χ3n) is 5.67. The van der Waals surface area contributed by atoms with Crippen LogP contribution >= 0.6 is 0 Å². The summed E-state index contributed by atoms with van der Waals surface area (Å²) in [7, 11) is 0. The van der Waals surface area contributed by atoms with Crippen LogP contribution in [0.3, 0.4) is 0 Å². The zero-order valence-electron chi connectivity index (χ0n) is 21.6. The Balaban J connectivity index is 5.55. The van der Waals surface area contributed by atoms with Crippen LogP contribution in [-0.2, 0) is 28.8 Å². The second-order valence-electron chi connectivity index (χ2n) is 8.83. The van der Waals surface area contributed by atoms with Crippen LogP contribution in [0, 0.1) is 5.92 Å². The summed E-state index contributed by atoms with van der Waals surface area (Å²) >= 11 is 0. The Labute approximate surface area is 220 Å². The molecule has 0 saturated carbocycles. The summed E-state index contributed by atoms with van der Waals surface area (Å²) in [4.78, 5) is 75.9. The van der Waals surface area contributed by atoms with E-state index < -0.39 is 78.5 Å². The van der Waals surface area contributed by atoms with Crippen molar-refractivity contribution in [3.63, 3.8) is 0 Å². The number of rotatable bonds is 19. The lowest BCUT2D eigenvalue weighted by molar-refractivity contribution is -0.143. The minimum atomic E-state index is -1.55. The first-order valence-corrected chi connectivity index (χ1v) is 12.1. The van der Waals surface area contributed by atoms with Gasteiger partial charge in [0, 0.05) is 19.4 Å². The average Bonchev–Trinajstić information content (AvgIpc) is 2.83. The average molecular weight is 545 g/mol. The van der Waals surface area contributed by atoms with Crippen molar-refractivity contribution in [2.45, 2.75) is 83.0 Å². The second kappa shape index (κ2) is 17.5. The zero-order valence-corrected chi connectivity index (χ0v) is 21.6. The Bertz CT molecular complexity index is 877. The highest BCUT2D eigenvalue weighted by Gasteiger charge is 2.32. The molecule has 0 spiro atoms. The van der Waals surface area contributed by atoms with Gasteiger partial charge in [0.25, 0.3) is 0 Å². The van der Waals surface area contributed by atoms with E-state index in [2.05, 4.69) is 20.9 Å². The van der Waals surface area contributed by atoms with E-state index in [1.165, 1.54) is 0 Å². The summed E-state index contributed by atoms with van der Waals surface area (Å²) in [6.07, 6.45) is -0.394. The lowest BCUT2D eigenvalue weighted by atomic mass is 9.96. The SMILES string of the molecule is CCC(C)C(NC(=O)C(N)CCCN=C(N)N)C(=O)NC(CCC(N)=O)C(=O)NC(CCC(=O)O)C(=O)O. The van der Waals surface area contributed by atoms with Gasteiger partial charge in [0.1, 0.15) is 18.1 Å². The highest BCUT2D eigenvalue weighted by Crippen LogP contribution is 2.11. The first-order valence-electron chi connectivity index (χ1n) is 12.1. The fraction of sp³-hybridized carbons (Fsp3) is 0.682. The molecule has 0 aromatic heterocycles. The molecule has 0 aliphatic heterocycles. The third kappa shape index (κ3) is 14.0. The molecule has 0 aromatic carbocycles. The number of primary amides is 1. The highest BCUT2D eigenvalue weighted by atomic mass is 16.4. The van der Waals surface area contributed by atoms with Crippen LogP contribution in [0.25, 0.3) is 0 Å². The second-order valence-corrected chi connectivity index (χ2v) is 8.83. The fourth-order valence-electron chi connectivity index (χ4n) is 3.23. The molecule has 38 heavy (non-hydrogen) atoms. The number of aliphatic imine (C=N–C) groups is 1. The summed E-state index contributed by atoms with van der Waals surface area (Å²) in [6, 6.07) is -5.02. The van der Waals surface area contributed by atoms with Crippen molar-refractivity contribution in [2.75, 3.05) is 6.54 Å². The van der Waals surface area contributed by atoms with Gasteiger partial charge in [-0.25, -0.2) is 4.79 Å². The van der Waals surface area contributed by atoms with Gasteiger partial charge in [-0.05, 0) is 31.6 Å². The number of amides is 4. The van der Waals surface area contributed by atoms with E-state index in [1.54, 1.807) is 13.8 Å². The van der Waals surface area contributed by atoms with Gasteiger partial charge in [0.05, 0.1) is 6.04 Å². The maximum Gasteiger partial charge on any atom is 0.326 e. The highest BCUT2D eigenvalue weighted by molar-refractivity contribution is 5.94. The van der Waals surface area contributed by atoms with Crippen LogP contribution in [0.5, 0.6) is 0 Å². The summed E-state index contributed by atoms with van der Waals surface area (Å²) in [6.45, 7) is 3.74. The standard InChI is InChI=1S/C22H40N8O8/c1-3-11(2)17(30-18(34)12(23)5-4-10-27-22(25)26)20(36)28-13(6-8-15(24)31)19(35)29-14(21(37)38)7-9-16(32)33/h11-14,17H,3-10,23H2,1-2H3,(H2,24,31)(H,28,36)(H,29,35)(H,30,34)(H,32,33)(H,37,38)(H4,25,26,27). The normalized spacial score (nSPS) is 14.6. The molecule has 0 bridgehead atoms. The number of aliphatic carboxylic acids is 2. The Morgan fingerprint density at radius 1 is 0.816 bits per heavy atom. The number of nitrogens with two attached hydrogens (primary N) is 4. The summed E-state index contributed by atoms with van der Waals surface area (Å²) < 4.78 is 0.